The Morgan fingerprint density at radius 2 is 2.23 bits per heavy atom. The van der Waals surface area contributed by atoms with Crippen LogP contribution in [0.4, 0.5) is 4.39 Å². The van der Waals surface area contributed by atoms with E-state index in [-0.39, 0.29) is 18.2 Å². The van der Waals surface area contributed by atoms with Crippen LogP contribution in [-0.2, 0) is 5.88 Å². The largest absolute Gasteiger partial charge is 0.300 e. The Kier molecular flexibility index (Phi) is 3.12. The summed E-state index contributed by atoms with van der Waals surface area (Å²) < 4.78 is 14.4. The molecule has 2 heterocycles. The Labute approximate surface area is 85.8 Å². The van der Waals surface area contributed by atoms with Gasteiger partial charge in [0.1, 0.15) is 11.5 Å². The first-order chi connectivity index (χ1) is 5.81. The second-order valence-electron chi connectivity index (χ2n) is 2.46. The molecule has 0 aromatic carbocycles. The molecule has 70 valence electrons. The Morgan fingerprint density at radius 3 is 2.92 bits per heavy atom. The molecule has 2 nitrogen and oxygen atoms in total. The van der Waals surface area contributed by atoms with Crippen LogP contribution >= 0.6 is 24.0 Å². The van der Waals surface area contributed by atoms with Crippen LogP contribution in [0.1, 0.15) is 5.69 Å². The van der Waals surface area contributed by atoms with Gasteiger partial charge >= 0.3 is 0 Å². The lowest BCUT2D eigenvalue weighted by Gasteiger charge is -1.96. The normalized spacial score (nSPS) is 10.0. The van der Waals surface area contributed by atoms with Crippen LogP contribution in [0.3, 0.4) is 0 Å². The van der Waals surface area contributed by atoms with Gasteiger partial charge in [0.05, 0.1) is 17.8 Å². The summed E-state index contributed by atoms with van der Waals surface area (Å²) in [6.07, 6.45) is 3.02. The highest BCUT2D eigenvalue weighted by molar-refractivity contribution is 6.16. The number of alkyl halides is 1. The molecule has 2 aromatic rings. The fourth-order valence-electron chi connectivity index (χ4n) is 1.10. The van der Waals surface area contributed by atoms with E-state index in [1.54, 1.807) is 16.7 Å². The molecule has 0 amide bonds. The average Bonchev–Trinajstić information content (AvgIpc) is 2.46. The molecule has 0 radical (unpaired) electrons. The monoisotopic (exact) mass is 220 g/mol. The number of halogens is 3. The van der Waals surface area contributed by atoms with Gasteiger partial charge < -0.3 is 0 Å². The second kappa shape index (κ2) is 3.94. The molecule has 0 N–H and O–H groups in total. The summed E-state index contributed by atoms with van der Waals surface area (Å²) in [7, 11) is 0. The zero-order valence-corrected chi connectivity index (χ0v) is 8.15. The van der Waals surface area contributed by atoms with E-state index in [0.29, 0.717) is 11.5 Å². The van der Waals surface area contributed by atoms with Crippen molar-refractivity contribution in [2.24, 2.45) is 0 Å². The molecule has 0 aliphatic carbocycles. The molecule has 2 rings (SSSR count). The number of hydrogen-bond donors (Lipinski definition) is 0. The van der Waals surface area contributed by atoms with E-state index < -0.39 is 0 Å². The van der Waals surface area contributed by atoms with E-state index in [0.717, 1.165) is 5.69 Å². The second-order valence-corrected chi connectivity index (χ2v) is 2.73. The quantitative estimate of drug-likeness (QED) is 0.676. The van der Waals surface area contributed by atoms with Crippen LogP contribution in [0.15, 0.2) is 24.5 Å². The third-order valence-corrected chi connectivity index (χ3v) is 1.96. The number of fused-ring (bicyclic) bond motifs is 1. The predicted octanol–water partition coefficient (Wildman–Crippen LogP) is 2.63. The van der Waals surface area contributed by atoms with Crippen LogP contribution in [-0.4, -0.2) is 9.38 Å². The molecular weight excluding hydrogens is 214 g/mol. The minimum atomic E-state index is -0.285. The zero-order valence-electron chi connectivity index (χ0n) is 6.58. The van der Waals surface area contributed by atoms with Gasteiger partial charge in [0.15, 0.2) is 0 Å². The SMILES string of the molecule is Cl.Fc1ccc2ncc(CCl)n2c1. The minimum absolute atomic E-state index is 0. The molecule has 2 aromatic heterocycles. The van der Waals surface area contributed by atoms with Gasteiger partial charge in [-0.15, -0.1) is 24.0 Å². The first kappa shape index (κ1) is 10.3. The van der Waals surface area contributed by atoms with Crippen LogP contribution in [0.5, 0.6) is 0 Å². The lowest BCUT2D eigenvalue weighted by molar-refractivity contribution is 0.618. The van der Waals surface area contributed by atoms with Crippen molar-refractivity contribution in [2.75, 3.05) is 0 Å². The molecule has 0 bridgehead atoms. The summed E-state index contributed by atoms with van der Waals surface area (Å²) in [6, 6.07) is 2.99. The molecule has 0 spiro atoms. The molecule has 0 unspecified atom stereocenters. The molecule has 0 aliphatic rings. The van der Waals surface area contributed by atoms with Gasteiger partial charge in [-0.25, -0.2) is 9.37 Å². The first-order valence-electron chi connectivity index (χ1n) is 3.49. The summed E-state index contributed by atoms with van der Waals surface area (Å²) in [5.41, 5.74) is 1.51. The lowest BCUT2D eigenvalue weighted by atomic mass is 10.4. The van der Waals surface area contributed by atoms with Crippen LogP contribution in [0.25, 0.3) is 5.65 Å². The van der Waals surface area contributed by atoms with Gasteiger partial charge in [-0.05, 0) is 12.1 Å². The molecule has 0 atom stereocenters. The Bertz CT molecular complexity index is 413. The Hall–Kier alpha value is -0.800. The topological polar surface area (TPSA) is 17.3 Å². The average molecular weight is 221 g/mol. The summed E-state index contributed by atoms with van der Waals surface area (Å²) >= 11 is 5.62. The van der Waals surface area contributed by atoms with Crippen LogP contribution in [0.2, 0.25) is 0 Å². The standard InChI is InChI=1S/C8H6ClFN2.ClH/c9-3-7-4-11-8-2-1-6(10)5-12(7)8;/h1-2,4-5H,3H2;1H. The van der Waals surface area contributed by atoms with E-state index in [4.69, 9.17) is 11.6 Å². The van der Waals surface area contributed by atoms with Gasteiger partial charge in [-0.1, -0.05) is 0 Å². The number of hydrogen-bond acceptors (Lipinski definition) is 1. The Morgan fingerprint density at radius 1 is 1.46 bits per heavy atom. The maximum atomic E-state index is 12.7. The van der Waals surface area contributed by atoms with Crippen molar-refractivity contribution in [3.63, 3.8) is 0 Å². The predicted molar refractivity (Wildman–Crippen MR) is 52.0 cm³/mol. The highest BCUT2D eigenvalue weighted by atomic mass is 35.5. The fourth-order valence-corrected chi connectivity index (χ4v) is 1.30. The third-order valence-electron chi connectivity index (χ3n) is 1.68. The van der Waals surface area contributed by atoms with Crippen LogP contribution < -0.4 is 0 Å². The lowest BCUT2D eigenvalue weighted by Crippen LogP contribution is -1.90. The van der Waals surface area contributed by atoms with Crippen LogP contribution in [0, 0.1) is 5.82 Å². The molecule has 0 saturated heterocycles. The molecule has 0 aliphatic heterocycles. The molecule has 13 heavy (non-hydrogen) atoms. The first-order valence-corrected chi connectivity index (χ1v) is 4.02. The third kappa shape index (κ3) is 1.76. The van der Waals surface area contributed by atoms with Crippen molar-refractivity contribution >= 4 is 29.7 Å². The van der Waals surface area contributed by atoms with Crippen molar-refractivity contribution in [1.82, 2.24) is 9.38 Å². The number of pyridine rings is 1. The summed E-state index contributed by atoms with van der Waals surface area (Å²) in [4.78, 5) is 4.04. The summed E-state index contributed by atoms with van der Waals surface area (Å²) in [6.45, 7) is 0. The van der Waals surface area contributed by atoms with E-state index in [1.165, 1.54) is 12.3 Å². The highest BCUT2D eigenvalue weighted by Gasteiger charge is 2.01. The smallest absolute Gasteiger partial charge is 0.139 e. The van der Waals surface area contributed by atoms with Gasteiger partial charge in [-0.3, -0.25) is 4.40 Å². The van der Waals surface area contributed by atoms with Crippen molar-refractivity contribution in [1.29, 1.82) is 0 Å². The minimum Gasteiger partial charge on any atom is -0.300 e. The molecule has 0 saturated carbocycles. The van der Waals surface area contributed by atoms with E-state index in [2.05, 4.69) is 4.98 Å². The zero-order chi connectivity index (χ0) is 8.55. The van der Waals surface area contributed by atoms with Gasteiger partial charge in [0.2, 0.25) is 0 Å². The fraction of sp³-hybridized carbons (Fsp3) is 0.125. The van der Waals surface area contributed by atoms with Gasteiger partial charge in [0.25, 0.3) is 0 Å². The molecule has 0 fully saturated rings. The maximum Gasteiger partial charge on any atom is 0.139 e. The highest BCUT2D eigenvalue weighted by Crippen LogP contribution is 2.09. The van der Waals surface area contributed by atoms with Crippen molar-refractivity contribution < 1.29 is 4.39 Å². The number of nitrogens with zero attached hydrogens (tertiary/aromatic N) is 2. The molecular formula is C8H7Cl2FN2. The van der Waals surface area contributed by atoms with Gasteiger partial charge in [-0.2, -0.15) is 0 Å². The number of imidazole rings is 1. The van der Waals surface area contributed by atoms with Crippen molar-refractivity contribution in [3.8, 4) is 0 Å². The number of rotatable bonds is 1. The van der Waals surface area contributed by atoms with E-state index in [1.807, 2.05) is 0 Å². The van der Waals surface area contributed by atoms with E-state index in [9.17, 15) is 4.39 Å². The summed E-state index contributed by atoms with van der Waals surface area (Å²) in [5.74, 6) is 0.0526. The van der Waals surface area contributed by atoms with Gasteiger partial charge in [0, 0.05) is 6.20 Å². The van der Waals surface area contributed by atoms with Crippen molar-refractivity contribution in [3.05, 3.63) is 36.0 Å². The Balaban J connectivity index is 0.000000845. The summed E-state index contributed by atoms with van der Waals surface area (Å²) in [5, 5.41) is 0. The van der Waals surface area contributed by atoms with Crippen molar-refractivity contribution in [2.45, 2.75) is 5.88 Å². The van der Waals surface area contributed by atoms with E-state index >= 15 is 0 Å². The maximum absolute atomic E-state index is 12.7. The number of aromatic nitrogens is 2. The molecule has 5 heteroatoms.